The van der Waals surface area contributed by atoms with E-state index < -0.39 is 0 Å². The summed E-state index contributed by atoms with van der Waals surface area (Å²) in [7, 11) is 1.69. The minimum atomic E-state index is 0.129. The topological polar surface area (TPSA) is 93.2 Å². The number of anilines is 3. The third kappa shape index (κ3) is 6.57. The van der Waals surface area contributed by atoms with Crippen LogP contribution >= 0.6 is 22.6 Å². The predicted molar refractivity (Wildman–Crippen MR) is 135 cm³/mol. The van der Waals surface area contributed by atoms with Crippen molar-refractivity contribution in [3.05, 3.63) is 23.8 Å². The van der Waals surface area contributed by atoms with Gasteiger partial charge in [-0.1, -0.05) is 48.3 Å². The first-order chi connectivity index (χ1) is 15.7. The first-order valence-electron chi connectivity index (χ1n) is 11.6. The number of nitrogens with one attached hydrogen (secondary N) is 3. The smallest absolute Gasteiger partial charge is 0.323 e. The summed E-state index contributed by atoms with van der Waals surface area (Å²) >= 11 is 2.34. The second-order valence-electron chi connectivity index (χ2n) is 8.45. The van der Waals surface area contributed by atoms with Crippen molar-refractivity contribution in [2.24, 2.45) is 0 Å². The Morgan fingerprint density at radius 3 is 2.47 bits per heavy atom. The molecule has 0 spiro atoms. The zero-order valence-corrected chi connectivity index (χ0v) is 20.9. The quantitative estimate of drug-likeness (QED) is 0.244. The molecule has 0 atom stereocenters. The molecule has 1 aromatic heterocycles. The molecule has 0 bridgehead atoms. The largest absolute Gasteiger partial charge is 0.496 e. The van der Waals surface area contributed by atoms with E-state index in [1.165, 1.54) is 25.7 Å². The molecule has 2 aromatic rings. The summed E-state index contributed by atoms with van der Waals surface area (Å²) in [6, 6.07) is 6.79. The standard InChI is InChI=1S/C23H33IN6O2/c1-31-20-9-8-18(14-16(20)15-24)27-22-28-21(26-17-6-4-2-3-5-7-17)29-23(30-22)32-19-10-12-25-13-11-19/h8-9,14,17,19,25H,2-7,10-13,15H2,1H3,(H2,26,27,28,29,30). The van der Waals surface area contributed by atoms with E-state index in [-0.39, 0.29) is 6.10 Å². The number of halogens is 1. The lowest BCUT2D eigenvalue weighted by Crippen LogP contribution is -2.34. The molecule has 1 aromatic carbocycles. The Kier molecular flexibility index (Phi) is 8.61. The lowest BCUT2D eigenvalue weighted by atomic mass is 10.1. The van der Waals surface area contributed by atoms with E-state index in [1.54, 1.807) is 7.11 Å². The maximum Gasteiger partial charge on any atom is 0.323 e. The van der Waals surface area contributed by atoms with Gasteiger partial charge >= 0.3 is 6.01 Å². The second kappa shape index (κ2) is 11.8. The van der Waals surface area contributed by atoms with Crippen LogP contribution in [-0.2, 0) is 4.43 Å². The number of ether oxygens (including phenoxy) is 2. The number of piperidine rings is 1. The fourth-order valence-corrected chi connectivity index (χ4v) is 4.88. The molecule has 2 aliphatic rings. The molecule has 0 unspecified atom stereocenters. The number of rotatable bonds is 8. The Morgan fingerprint density at radius 2 is 1.75 bits per heavy atom. The zero-order valence-electron chi connectivity index (χ0n) is 18.7. The highest BCUT2D eigenvalue weighted by atomic mass is 127. The minimum absolute atomic E-state index is 0.129. The molecule has 8 nitrogen and oxygen atoms in total. The average Bonchev–Trinajstić information content (AvgIpc) is 3.08. The van der Waals surface area contributed by atoms with Crippen LogP contribution in [0.2, 0.25) is 0 Å². The number of benzene rings is 1. The molecule has 1 saturated carbocycles. The van der Waals surface area contributed by atoms with Crippen LogP contribution in [0.1, 0.15) is 56.9 Å². The predicted octanol–water partition coefficient (Wildman–Crippen LogP) is 4.82. The summed E-state index contributed by atoms with van der Waals surface area (Å²) in [6.45, 7) is 1.91. The molecule has 1 saturated heterocycles. The van der Waals surface area contributed by atoms with Crippen LogP contribution in [0.25, 0.3) is 0 Å². The molecular weight excluding hydrogens is 519 g/mol. The summed E-state index contributed by atoms with van der Waals surface area (Å²) in [4.78, 5) is 13.9. The van der Waals surface area contributed by atoms with Crippen molar-refractivity contribution < 1.29 is 9.47 Å². The summed E-state index contributed by atoms with van der Waals surface area (Å²) in [6.07, 6.45) is 9.45. The summed E-state index contributed by atoms with van der Waals surface area (Å²) in [5.41, 5.74) is 2.03. The third-order valence-electron chi connectivity index (χ3n) is 6.04. The maximum absolute atomic E-state index is 6.17. The second-order valence-corrected chi connectivity index (χ2v) is 9.21. The van der Waals surface area contributed by atoms with Crippen molar-refractivity contribution in [1.29, 1.82) is 0 Å². The lowest BCUT2D eigenvalue weighted by molar-refractivity contribution is 0.149. The highest BCUT2D eigenvalue weighted by Crippen LogP contribution is 2.27. The third-order valence-corrected chi connectivity index (χ3v) is 6.86. The van der Waals surface area contributed by atoms with Gasteiger partial charge in [0, 0.05) is 21.7 Å². The summed E-state index contributed by atoms with van der Waals surface area (Å²) in [5.74, 6) is 1.96. The first kappa shape index (κ1) is 23.3. The van der Waals surface area contributed by atoms with Gasteiger partial charge in [-0.05, 0) is 57.0 Å². The van der Waals surface area contributed by atoms with Gasteiger partial charge in [0.25, 0.3) is 0 Å². The van der Waals surface area contributed by atoms with Crippen molar-refractivity contribution in [1.82, 2.24) is 20.3 Å². The minimum Gasteiger partial charge on any atom is -0.496 e. The van der Waals surface area contributed by atoms with Gasteiger partial charge in [0.15, 0.2) is 0 Å². The number of hydrogen-bond acceptors (Lipinski definition) is 8. The van der Waals surface area contributed by atoms with Gasteiger partial charge in [-0.2, -0.15) is 15.0 Å². The molecule has 4 rings (SSSR count). The van der Waals surface area contributed by atoms with Gasteiger partial charge in [-0.15, -0.1) is 0 Å². The molecule has 3 N–H and O–H groups in total. The van der Waals surface area contributed by atoms with E-state index in [1.807, 2.05) is 12.1 Å². The van der Waals surface area contributed by atoms with E-state index in [9.17, 15) is 0 Å². The Balaban J connectivity index is 1.55. The molecule has 1 aliphatic heterocycles. The van der Waals surface area contributed by atoms with Crippen LogP contribution < -0.4 is 25.4 Å². The number of nitrogens with zero attached hydrogens (tertiary/aromatic N) is 3. The molecule has 1 aliphatic carbocycles. The van der Waals surface area contributed by atoms with E-state index in [4.69, 9.17) is 9.47 Å². The summed E-state index contributed by atoms with van der Waals surface area (Å²) < 4.78 is 12.5. The molecule has 2 fully saturated rings. The van der Waals surface area contributed by atoms with Crippen LogP contribution in [0.15, 0.2) is 18.2 Å². The van der Waals surface area contributed by atoms with Crippen molar-refractivity contribution >= 4 is 40.2 Å². The van der Waals surface area contributed by atoms with Crippen LogP contribution in [0, 0.1) is 0 Å². The van der Waals surface area contributed by atoms with Crippen molar-refractivity contribution in [2.45, 2.75) is 67.9 Å². The van der Waals surface area contributed by atoms with E-state index in [0.29, 0.717) is 23.9 Å². The fourth-order valence-electron chi connectivity index (χ4n) is 4.29. The van der Waals surface area contributed by atoms with Gasteiger partial charge in [0.05, 0.1) is 7.11 Å². The van der Waals surface area contributed by atoms with Gasteiger partial charge in [0.1, 0.15) is 11.9 Å². The van der Waals surface area contributed by atoms with Crippen molar-refractivity contribution in [2.75, 3.05) is 30.8 Å². The van der Waals surface area contributed by atoms with Crippen molar-refractivity contribution in [3.63, 3.8) is 0 Å². The van der Waals surface area contributed by atoms with Crippen molar-refractivity contribution in [3.8, 4) is 11.8 Å². The Hall–Kier alpha value is -1.88. The molecule has 32 heavy (non-hydrogen) atoms. The average molecular weight is 552 g/mol. The lowest BCUT2D eigenvalue weighted by Gasteiger charge is -2.23. The van der Waals surface area contributed by atoms with Gasteiger partial charge in [0.2, 0.25) is 11.9 Å². The maximum atomic E-state index is 6.17. The molecule has 174 valence electrons. The Labute approximate surface area is 203 Å². The highest BCUT2D eigenvalue weighted by Gasteiger charge is 2.19. The fraction of sp³-hybridized carbons (Fsp3) is 0.609. The van der Waals surface area contributed by atoms with E-state index >= 15 is 0 Å². The van der Waals surface area contributed by atoms with Gasteiger partial charge in [-0.3, -0.25) is 0 Å². The highest BCUT2D eigenvalue weighted by molar-refractivity contribution is 14.1. The van der Waals surface area contributed by atoms with E-state index in [2.05, 4.69) is 59.6 Å². The molecule has 0 radical (unpaired) electrons. The normalized spacial score (nSPS) is 18.1. The SMILES string of the molecule is COc1ccc(Nc2nc(NC3CCCCCC3)nc(OC3CCNCC3)n2)cc1CI. The van der Waals surface area contributed by atoms with Crippen LogP contribution in [0.4, 0.5) is 17.6 Å². The van der Waals surface area contributed by atoms with Gasteiger partial charge in [-0.25, -0.2) is 0 Å². The number of methoxy groups -OCH3 is 1. The van der Waals surface area contributed by atoms with Gasteiger partial charge < -0.3 is 25.4 Å². The van der Waals surface area contributed by atoms with Crippen LogP contribution in [0.3, 0.4) is 0 Å². The molecule has 2 heterocycles. The first-order valence-corrected chi connectivity index (χ1v) is 13.2. The summed E-state index contributed by atoms with van der Waals surface area (Å²) in [5, 5.41) is 10.3. The Bertz CT molecular complexity index is 870. The zero-order chi connectivity index (χ0) is 22.2. The monoisotopic (exact) mass is 552 g/mol. The number of alkyl halides is 1. The van der Waals surface area contributed by atoms with Crippen LogP contribution in [-0.4, -0.2) is 47.3 Å². The number of hydrogen-bond donors (Lipinski definition) is 3. The molecular formula is C23H33IN6O2. The van der Waals surface area contributed by atoms with Crippen LogP contribution in [0.5, 0.6) is 11.8 Å². The molecule has 0 amide bonds. The Morgan fingerprint density at radius 1 is 1.00 bits per heavy atom. The number of aromatic nitrogens is 3. The molecule has 9 heteroatoms. The van der Waals surface area contributed by atoms with E-state index in [0.717, 1.165) is 60.2 Å².